The van der Waals surface area contributed by atoms with Gasteiger partial charge in [-0.1, -0.05) is 0 Å². The van der Waals surface area contributed by atoms with E-state index in [2.05, 4.69) is 10.1 Å². The average Bonchev–Trinajstić information content (AvgIpc) is 2.96. The lowest BCUT2D eigenvalue weighted by molar-refractivity contribution is -0.153. The number of nitrogens with zero attached hydrogens (tertiary/aromatic N) is 1. The van der Waals surface area contributed by atoms with Gasteiger partial charge in [-0.3, -0.25) is 0 Å². The molecule has 1 N–H and O–H groups in total. The summed E-state index contributed by atoms with van der Waals surface area (Å²) in [6, 6.07) is 3.33. The molecule has 2 heterocycles. The maximum absolute atomic E-state index is 14.0. The van der Waals surface area contributed by atoms with Crippen LogP contribution in [0.1, 0.15) is 18.4 Å². The SMILES string of the molecule is Cl.O=C(OCc1ccc(OCC(F)(F)F)cc1F)N1CC[C@@H]2CNC[C@@H]2CC1. The molecule has 0 aliphatic carbocycles. The Labute approximate surface area is 166 Å². The molecule has 2 aliphatic rings. The molecule has 158 valence electrons. The van der Waals surface area contributed by atoms with Gasteiger partial charge in [-0.2, -0.15) is 13.2 Å². The van der Waals surface area contributed by atoms with Gasteiger partial charge in [0.25, 0.3) is 0 Å². The number of carbonyl (C=O) groups excluding carboxylic acids is 1. The summed E-state index contributed by atoms with van der Waals surface area (Å²) in [5.41, 5.74) is 0.0820. The van der Waals surface area contributed by atoms with Crippen LogP contribution in [0.4, 0.5) is 22.4 Å². The lowest BCUT2D eigenvalue weighted by Gasteiger charge is -2.20. The summed E-state index contributed by atoms with van der Waals surface area (Å²) in [5, 5.41) is 3.36. The molecular weight excluding hydrogens is 404 g/mol. The fraction of sp³-hybridized carbons (Fsp3) is 0.611. The number of benzene rings is 1. The lowest BCUT2D eigenvalue weighted by Crippen LogP contribution is -2.33. The van der Waals surface area contributed by atoms with Gasteiger partial charge in [0, 0.05) is 24.7 Å². The van der Waals surface area contributed by atoms with Crippen LogP contribution in [-0.2, 0) is 11.3 Å². The van der Waals surface area contributed by atoms with E-state index in [0.29, 0.717) is 24.9 Å². The first-order chi connectivity index (χ1) is 12.8. The molecule has 0 aromatic heterocycles. The summed E-state index contributed by atoms with van der Waals surface area (Å²) in [5.74, 6) is 0.139. The summed E-state index contributed by atoms with van der Waals surface area (Å²) in [6.07, 6.45) is -3.18. The molecule has 5 nitrogen and oxygen atoms in total. The number of carbonyl (C=O) groups is 1. The number of likely N-dealkylation sites (tertiary alicyclic amines) is 1. The third kappa shape index (κ3) is 6.13. The monoisotopic (exact) mass is 426 g/mol. The van der Waals surface area contributed by atoms with E-state index in [0.717, 1.165) is 32.0 Å². The molecule has 2 fully saturated rings. The predicted molar refractivity (Wildman–Crippen MR) is 96.0 cm³/mol. The van der Waals surface area contributed by atoms with E-state index >= 15 is 0 Å². The molecular formula is C18H23ClF4N2O3. The van der Waals surface area contributed by atoms with Crippen LogP contribution in [0.15, 0.2) is 18.2 Å². The van der Waals surface area contributed by atoms with E-state index in [-0.39, 0.29) is 30.3 Å². The van der Waals surface area contributed by atoms with Crippen LogP contribution in [0.5, 0.6) is 5.75 Å². The Hall–Kier alpha value is -1.74. The molecule has 3 rings (SSSR count). The number of halogens is 5. The molecule has 2 atom stereocenters. The maximum atomic E-state index is 14.0. The zero-order chi connectivity index (χ0) is 19.4. The van der Waals surface area contributed by atoms with Crippen LogP contribution >= 0.6 is 12.4 Å². The van der Waals surface area contributed by atoms with Crippen LogP contribution in [0.25, 0.3) is 0 Å². The molecule has 1 aromatic carbocycles. The first-order valence-electron chi connectivity index (χ1n) is 8.92. The third-order valence-electron chi connectivity index (χ3n) is 5.06. The molecule has 1 amide bonds. The molecule has 28 heavy (non-hydrogen) atoms. The number of ether oxygens (including phenoxy) is 2. The van der Waals surface area contributed by atoms with Crippen molar-refractivity contribution in [1.82, 2.24) is 10.2 Å². The normalized spacial score (nSPS) is 22.1. The van der Waals surface area contributed by atoms with Crippen LogP contribution < -0.4 is 10.1 Å². The predicted octanol–water partition coefficient (Wildman–Crippen LogP) is 3.76. The van der Waals surface area contributed by atoms with Gasteiger partial charge in [0.15, 0.2) is 6.61 Å². The second-order valence-electron chi connectivity index (χ2n) is 6.95. The number of hydrogen-bond donors (Lipinski definition) is 1. The third-order valence-corrected chi connectivity index (χ3v) is 5.06. The minimum atomic E-state index is -4.49. The van der Waals surface area contributed by atoms with Crippen molar-refractivity contribution in [3.05, 3.63) is 29.6 Å². The number of hydrogen-bond acceptors (Lipinski definition) is 4. The van der Waals surface area contributed by atoms with Crippen LogP contribution in [-0.4, -0.2) is 50.0 Å². The molecule has 0 radical (unpaired) electrons. The van der Waals surface area contributed by atoms with Crippen molar-refractivity contribution in [2.24, 2.45) is 11.8 Å². The first-order valence-corrected chi connectivity index (χ1v) is 8.92. The summed E-state index contributed by atoms with van der Waals surface area (Å²) >= 11 is 0. The fourth-order valence-electron chi connectivity index (χ4n) is 3.53. The van der Waals surface area contributed by atoms with E-state index in [1.54, 1.807) is 4.90 Å². The van der Waals surface area contributed by atoms with E-state index < -0.39 is 24.7 Å². The summed E-state index contributed by atoms with van der Waals surface area (Å²) in [6.45, 7) is 1.38. The number of nitrogens with one attached hydrogen (secondary N) is 1. The van der Waals surface area contributed by atoms with Crippen molar-refractivity contribution < 1.29 is 31.8 Å². The lowest BCUT2D eigenvalue weighted by atomic mass is 9.92. The molecule has 0 bridgehead atoms. The van der Waals surface area contributed by atoms with Crippen molar-refractivity contribution in [1.29, 1.82) is 0 Å². The van der Waals surface area contributed by atoms with Gasteiger partial charge in [-0.05, 0) is 49.9 Å². The zero-order valence-corrected chi connectivity index (χ0v) is 16.0. The van der Waals surface area contributed by atoms with Crippen molar-refractivity contribution in [3.63, 3.8) is 0 Å². The van der Waals surface area contributed by atoms with Gasteiger partial charge in [0.1, 0.15) is 18.2 Å². The highest BCUT2D eigenvalue weighted by Gasteiger charge is 2.32. The Morgan fingerprint density at radius 2 is 1.82 bits per heavy atom. The second kappa shape index (κ2) is 9.65. The molecule has 0 unspecified atom stereocenters. The summed E-state index contributed by atoms with van der Waals surface area (Å²) < 4.78 is 60.1. The topological polar surface area (TPSA) is 50.8 Å². The Kier molecular flexibility index (Phi) is 7.77. The zero-order valence-electron chi connectivity index (χ0n) is 15.1. The highest BCUT2D eigenvalue weighted by atomic mass is 35.5. The van der Waals surface area contributed by atoms with Gasteiger partial charge < -0.3 is 19.7 Å². The van der Waals surface area contributed by atoms with Gasteiger partial charge in [0.05, 0.1) is 0 Å². The standard InChI is InChI=1S/C18H22F4N2O3.ClH/c19-16-7-15(27-11-18(20,21)22)2-1-14(16)10-26-17(25)24-5-3-12-8-23-9-13(12)4-6-24;/h1-2,7,12-13,23H,3-6,8-11H2;1H/t12-,13+;. The van der Waals surface area contributed by atoms with Gasteiger partial charge in [-0.25, -0.2) is 9.18 Å². The van der Waals surface area contributed by atoms with Crippen LogP contribution in [0, 0.1) is 17.7 Å². The molecule has 0 saturated carbocycles. The molecule has 1 aromatic rings. The van der Waals surface area contributed by atoms with Crippen molar-refractivity contribution in [2.45, 2.75) is 25.6 Å². The highest BCUT2D eigenvalue weighted by molar-refractivity contribution is 5.85. The van der Waals surface area contributed by atoms with E-state index in [1.165, 1.54) is 12.1 Å². The highest BCUT2D eigenvalue weighted by Crippen LogP contribution is 2.27. The Bertz CT molecular complexity index is 661. The van der Waals surface area contributed by atoms with E-state index in [1.807, 2.05) is 0 Å². The first kappa shape index (κ1) is 22.5. The van der Waals surface area contributed by atoms with Crippen molar-refractivity contribution in [3.8, 4) is 5.75 Å². The molecule has 2 aliphatic heterocycles. The van der Waals surface area contributed by atoms with Crippen molar-refractivity contribution in [2.75, 3.05) is 32.8 Å². The van der Waals surface area contributed by atoms with E-state index in [4.69, 9.17) is 4.74 Å². The second-order valence-corrected chi connectivity index (χ2v) is 6.95. The van der Waals surface area contributed by atoms with Gasteiger partial charge >= 0.3 is 12.3 Å². The van der Waals surface area contributed by atoms with E-state index in [9.17, 15) is 22.4 Å². The van der Waals surface area contributed by atoms with Crippen LogP contribution in [0.3, 0.4) is 0 Å². The number of alkyl halides is 3. The molecule has 2 saturated heterocycles. The van der Waals surface area contributed by atoms with Crippen molar-refractivity contribution >= 4 is 18.5 Å². The average molecular weight is 427 g/mol. The molecule has 0 spiro atoms. The Morgan fingerprint density at radius 3 is 2.39 bits per heavy atom. The Balaban J connectivity index is 0.00000280. The smallest absolute Gasteiger partial charge is 0.422 e. The summed E-state index contributed by atoms with van der Waals surface area (Å²) in [4.78, 5) is 13.9. The number of fused-ring (bicyclic) bond motifs is 1. The number of amides is 1. The van der Waals surface area contributed by atoms with Crippen LogP contribution in [0.2, 0.25) is 0 Å². The minimum absolute atomic E-state index is 0. The molecule has 10 heteroatoms. The fourth-order valence-corrected chi connectivity index (χ4v) is 3.53. The quantitative estimate of drug-likeness (QED) is 0.745. The van der Waals surface area contributed by atoms with Gasteiger partial charge in [0.2, 0.25) is 0 Å². The van der Waals surface area contributed by atoms with Gasteiger partial charge in [-0.15, -0.1) is 12.4 Å². The summed E-state index contributed by atoms with van der Waals surface area (Å²) in [7, 11) is 0. The minimum Gasteiger partial charge on any atom is -0.484 e. The maximum Gasteiger partial charge on any atom is 0.422 e. The largest absolute Gasteiger partial charge is 0.484 e. The number of rotatable bonds is 4. The Morgan fingerprint density at radius 1 is 1.18 bits per heavy atom.